The molecular formula is C25H27ClN2O7S. The zero-order valence-electron chi connectivity index (χ0n) is 20.3. The van der Waals surface area contributed by atoms with E-state index >= 15 is 0 Å². The molecule has 1 aliphatic heterocycles. The third kappa shape index (κ3) is 5.56. The first-order valence-electron chi connectivity index (χ1n) is 11.0. The summed E-state index contributed by atoms with van der Waals surface area (Å²) < 4.78 is 57.3. The number of halogens is 1. The maximum absolute atomic E-state index is 13.7. The van der Waals surface area contributed by atoms with Crippen molar-refractivity contribution >= 4 is 27.3 Å². The molecule has 0 aromatic heterocycles. The molecule has 0 aliphatic carbocycles. The van der Waals surface area contributed by atoms with Crippen molar-refractivity contribution in [3.05, 3.63) is 53.6 Å². The summed E-state index contributed by atoms with van der Waals surface area (Å²) in [6.07, 6.45) is 0. The second-order valence-corrected chi connectivity index (χ2v) is 10.2. The normalized spacial score (nSPS) is 12.5. The highest BCUT2D eigenvalue weighted by Gasteiger charge is 2.25. The number of nitrogens with one attached hydrogen (secondary N) is 1. The molecule has 0 bridgehead atoms. The zero-order chi connectivity index (χ0) is 25.9. The lowest BCUT2D eigenvalue weighted by Gasteiger charge is -2.17. The van der Waals surface area contributed by atoms with E-state index in [1.807, 2.05) is 19.0 Å². The molecule has 36 heavy (non-hydrogen) atoms. The minimum absolute atomic E-state index is 0.0101. The van der Waals surface area contributed by atoms with E-state index in [-0.39, 0.29) is 17.4 Å². The van der Waals surface area contributed by atoms with E-state index in [1.54, 1.807) is 42.5 Å². The van der Waals surface area contributed by atoms with E-state index in [9.17, 15) is 8.42 Å². The van der Waals surface area contributed by atoms with Crippen LogP contribution in [-0.2, 0) is 10.0 Å². The Bertz CT molecular complexity index is 1360. The maximum Gasteiger partial charge on any atom is 0.262 e. The van der Waals surface area contributed by atoms with Crippen LogP contribution in [0.5, 0.6) is 28.7 Å². The molecule has 192 valence electrons. The molecule has 4 rings (SSSR count). The second kappa shape index (κ2) is 10.7. The van der Waals surface area contributed by atoms with Crippen LogP contribution >= 0.6 is 11.6 Å². The van der Waals surface area contributed by atoms with Crippen LogP contribution in [0.25, 0.3) is 11.1 Å². The van der Waals surface area contributed by atoms with Gasteiger partial charge in [0.25, 0.3) is 10.0 Å². The number of ether oxygens (including phenoxy) is 5. The Kier molecular flexibility index (Phi) is 7.67. The van der Waals surface area contributed by atoms with Gasteiger partial charge in [-0.1, -0.05) is 17.7 Å². The molecule has 1 N–H and O–H groups in total. The van der Waals surface area contributed by atoms with Crippen LogP contribution in [-0.4, -0.2) is 61.6 Å². The fraction of sp³-hybridized carbons (Fsp3) is 0.280. The molecule has 0 atom stereocenters. The molecule has 0 saturated carbocycles. The topological polar surface area (TPSA) is 95.6 Å². The monoisotopic (exact) mass is 534 g/mol. The summed E-state index contributed by atoms with van der Waals surface area (Å²) in [5, 5.41) is 0.379. The number of sulfonamides is 1. The van der Waals surface area contributed by atoms with E-state index in [0.29, 0.717) is 58.0 Å². The third-order valence-electron chi connectivity index (χ3n) is 5.44. The number of benzene rings is 3. The molecule has 1 aliphatic rings. The molecule has 3 aromatic carbocycles. The van der Waals surface area contributed by atoms with E-state index in [4.69, 9.17) is 35.3 Å². The fourth-order valence-electron chi connectivity index (χ4n) is 3.60. The molecule has 0 radical (unpaired) electrons. The molecule has 3 aromatic rings. The summed E-state index contributed by atoms with van der Waals surface area (Å²) in [5.41, 5.74) is 1.30. The Balaban J connectivity index is 1.73. The Morgan fingerprint density at radius 2 is 1.67 bits per heavy atom. The second-order valence-electron chi connectivity index (χ2n) is 8.17. The van der Waals surface area contributed by atoms with Gasteiger partial charge < -0.3 is 28.6 Å². The van der Waals surface area contributed by atoms with Gasteiger partial charge in [-0.3, -0.25) is 4.72 Å². The van der Waals surface area contributed by atoms with Crippen LogP contribution in [0.4, 0.5) is 5.69 Å². The molecule has 0 spiro atoms. The third-order valence-corrected chi connectivity index (χ3v) is 7.17. The van der Waals surface area contributed by atoms with Crippen molar-refractivity contribution in [3.63, 3.8) is 0 Å². The molecule has 9 nitrogen and oxygen atoms in total. The van der Waals surface area contributed by atoms with Gasteiger partial charge in [0.2, 0.25) is 6.79 Å². The lowest BCUT2D eigenvalue weighted by molar-refractivity contribution is 0.174. The van der Waals surface area contributed by atoms with Crippen LogP contribution in [0.3, 0.4) is 0 Å². The summed E-state index contributed by atoms with van der Waals surface area (Å²) in [6.45, 7) is 1.18. The average molecular weight is 535 g/mol. The van der Waals surface area contributed by atoms with Crippen molar-refractivity contribution in [2.24, 2.45) is 0 Å². The molecule has 1 heterocycles. The van der Waals surface area contributed by atoms with Gasteiger partial charge in [0.05, 0.1) is 29.8 Å². The molecular weight excluding hydrogens is 508 g/mol. The fourth-order valence-corrected chi connectivity index (χ4v) is 5.05. The Morgan fingerprint density at radius 3 is 2.39 bits per heavy atom. The smallest absolute Gasteiger partial charge is 0.262 e. The van der Waals surface area contributed by atoms with Gasteiger partial charge in [-0.15, -0.1) is 0 Å². The number of hydrogen-bond acceptors (Lipinski definition) is 8. The highest BCUT2D eigenvalue weighted by molar-refractivity contribution is 7.92. The van der Waals surface area contributed by atoms with Crippen LogP contribution in [0.2, 0.25) is 5.02 Å². The lowest BCUT2D eigenvalue weighted by atomic mass is 10.0. The van der Waals surface area contributed by atoms with Gasteiger partial charge in [0, 0.05) is 24.2 Å². The van der Waals surface area contributed by atoms with E-state index in [1.165, 1.54) is 20.3 Å². The van der Waals surface area contributed by atoms with Crippen molar-refractivity contribution in [3.8, 4) is 39.9 Å². The lowest BCUT2D eigenvalue weighted by Crippen LogP contribution is -2.19. The number of anilines is 1. The average Bonchev–Trinajstić information content (AvgIpc) is 3.32. The summed E-state index contributed by atoms with van der Waals surface area (Å²) in [4.78, 5) is 1.96. The first-order chi connectivity index (χ1) is 17.2. The number of nitrogens with zero attached hydrogens (tertiary/aromatic N) is 1. The van der Waals surface area contributed by atoms with Crippen molar-refractivity contribution in [1.29, 1.82) is 0 Å². The highest BCUT2D eigenvalue weighted by Crippen LogP contribution is 2.42. The minimum Gasteiger partial charge on any atom is -0.493 e. The van der Waals surface area contributed by atoms with Gasteiger partial charge in [-0.25, -0.2) is 8.42 Å². The largest absolute Gasteiger partial charge is 0.493 e. The summed E-state index contributed by atoms with van der Waals surface area (Å²) >= 11 is 6.26. The standard InChI is InChI=1S/C25H27ClN2O7S/c1-28(2)9-10-33-21-12-17(6-7-19(21)26)27-36(29,30)25-14-23(32-4)22(31-3)13-18(25)16-5-8-20-24(11-16)35-15-34-20/h5-8,11-14,27H,9-10,15H2,1-4H3. The van der Waals surface area contributed by atoms with Crippen molar-refractivity contribution in [1.82, 2.24) is 4.90 Å². The van der Waals surface area contributed by atoms with Gasteiger partial charge in [0.15, 0.2) is 23.0 Å². The highest BCUT2D eigenvalue weighted by atomic mass is 35.5. The summed E-state index contributed by atoms with van der Waals surface area (Å²) in [5.74, 6) is 2.14. The number of rotatable bonds is 10. The Labute approximate surface area is 215 Å². The summed E-state index contributed by atoms with van der Waals surface area (Å²) in [6, 6.07) is 12.9. The Hall–Kier alpha value is -3.34. The van der Waals surface area contributed by atoms with Crippen LogP contribution in [0, 0.1) is 0 Å². The van der Waals surface area contributed by atoms with Gasteiger partial charge in [-0.2, -0.15) is 0 Å². The molecule has 11 heteroatoms. The van der Waals surface area contributed by atoms with Crippen LogP contribution < -0.4 is 28.4 Å². The van der Waals surface area contributed by atoms with E-state index in [0.717, 1.165) is 0 Å². The number of methoxy groups -OCH3 is 2. The van der Waals surface area contributed by atoms with Gasteiger partial charge >= 0.3 is 0 Å². The van der Waals surface area contributed by atoms with E-state index < -0.39 is 10.0 Å². The molecule has 0 unspecified atom stereocenters. The molecule has 0 saturated heterocycles. The maximum atomic E-state index is 13.7. The van der Waals surface area contributed by atoms with E-state index in [2.05, 4.69) is 4.72 Å². The van der Waals surface area contributed by atoms with Gasteiger partial charge in [-0.05, 0) is 50.0 Å². The van der Waals surface area contributed by atoms with Crippen LogP contribution in [0.15, 0.2) is 53.4 Å². The summed E-state index contributed by atoms with van der Waals surface area (Å²) in [7, 11) is 2.69. The quantitative estimate of drug-likeness (QED) is 0.406. The number of fused-ring (bicyclic) bond motifs is 1. The van der Waals surface area contributed by atoms with Crippen LogP contribution in [0.1, 0.15) is 0 Å². The molecule has 0 fully saturated rings. The number of likely N-dealkylation sites (N-methyl/N-ethyl adjacent to an activating group) is 1. The Morgan fingerprint density at radius 1 is 0.944 bits per heavy atom. The first-order valence-corrected chi connectivity index (χ1v) is 12.8. The van der Waals surface area contributed by atoms with Crippen molar-refractivity contribution in [2.75, 3.05) is 53.0 Å². The van der Waals surface area contributed by atoms with Gasteiger partial charge in [0.1, 0.15) is 12.4 Å². The predicted octanol–water partition coefficient (Wildman–Crippen LogP) is 4.49. The SMILES string of the molecule is COc1cc(-c2ccc3c(c2)OCO3)c(S(=O)(=O)Nc2ccc(Cl)c(OCCN(C)C)c2)cc1OC. The van der Waals surface area contributed by atoms with Crippen molar-refractivity contribution in [2.45, 2.75) is 4.90 Å². The first kappa shape index (κ1) is 25.7. The molecule has 0 amide bonds. The number of hydrogen-bond donors (Lipinski definition) is 1. The predicted molar refractivity (Wildman–Crippen MR) is 137 cm³/mol. The minimum atomic E-state index is -4.09. The zero-order valence-corrected chi connectivity index (χ0v) is 21.9. The van der Waals surface area contributed by atoms with Crippen molar-refractivity contribution < 1.29 is 32.1 Å².